The van der Waals surface area contributed by atoms with Gasteiger partial charge in [-0.25, -0.2) is 9.78 Å². The van der Waals surface area contributed by atoms with Crippen LogP contribution in [0.25, 0.3) is 0 Å². The zero-order valence-corrected chi connectivity index (χ0v) is 25.5. The van der Waals surface area contributed by atoms with Crippen molar-refractivity contribution < 1.29 is 33.8 Å². The maximum absolute atomic E-state index is 13.4. The Labute approximate surface area is 256 Å². The third kappa shape index (κ3) is 10.3. The van der Waals surface area contributed by atoms with Crippen LogP contribution in [0.4, 0.5) is 16.3 Å². The van der Waals surface area contributed by atoms with Crippen molar-refractivity contribution in [1.29, 1.82) is 0 Å². The molecule has 12 heteroatoms. The highest BCUT2D eigenvalue weighted by Crippen LogP contribution is 2.31. The minimum atomic E-state index is -1.10. The van der Waals surface area contributed by atoms with Gasteiger partial charge in [-0.05, 0) is 66.3 Å². The summed E-state index contributed by atoms with van der Waals surface area (Å²) in [4.78, 5) is 54.4. The van der Waals surface area contributed by atoms with Gasteiger partial charge in [-0.15, -0.1) is 0 Å². The predicted octanol–water partition coefficient (Wildman–Crippen LogP) is 4.46. The second kappa shape index (κ2) is 15.9. The minimum absolute atomic E-state index is 0.00410. The number of carbonyl (C=O) groups excluding carboxylic acids is 3. The number of benzene rings is 2. The van der Waals surface area contributed by atoms with Crippen LogP contribution in [0.5, 0.6) is 11.5 Å². The fraction of sp³-hybridized carbons (Fsp3) is 0.344. The molecule has 234 valence electrons. The number of carbonyl (C=O) groups is 4. The fourth-order valence-electron chi connectivity index (χ4n) is 4.43. The first-order valence-electron chi connectivity index (χ1n) is 14.1. The number of aliphatic carboxylic acids is 1. The number of carboxylic acid groups (broad SMARTS) is 1. The molecular weight excluding hydrogens is 566 g/mol. The Hall–Kier alpha value is -5.13. The first kappa shape index (κ1) is 33.4. The van der Waals surface area contributed by atoms with Crippen molar-refractivity contribution >= 4 is 35.3 Å². The molecule has 5 N–H and O–H groups in total. The fourth-order valence-corrected chi connectivity index (χ4v) is 4.43. The quantitative estimate of drug-likeness (QED) is 0.180. The number of urea groups is 1. The molecule has 0 saturated carbocycles. The van der Waals surface area contributed by atoms with Crippen molar-refractivity contribution in [2.75, 3.05) is 24.9 Å². The molecule has 0 saturated heterocycles. The summed E-state index contributed by atoms with van der Waals surface area (Å²) in [5, 5.41) is 20.5. The summed E-state index contributed by atoms with van der Waals surface area (Å²) in [6.07, 6.45) is 1.62. The maximum Gasteiger partial charge on any atom is 0.324 e. The molecule has 1 aromatic heterocycles. The van der Waals surface area contributed by atoms with E-state index < -0.39 is 30.0 Å². The van der Waals surface area contributed by atoms with E-state index in [0.717, 1.165) is 5.56 Å². The van der Waals surface area contributed by atoms with Crippen LogP contribution in [0, 0.1) is 12.8 Å². The van der Waals surface area contributed by atoms with Crippen molar-refractivity contribution in [3.63, 3.8) is 0 Å². The first-order chi connectivity index (χ1) is 21.0. The third-order valence-corrected chi connectivity index (χ3v) is 6.59. The molecule has 0 spiro atoms. The van der Waals surface area contributed by atoms with Crippen molar-refractivity contribution in [2.24, 2.45) is 5.92 Å². The Bertz CT molecular complexity index is 1440. The number of rotatable bonds is 14. The van der Waals surface area contributed by atoms with Gasteiger partial charge in [-0.1, -0.05) is 38.1 Å². The summed E-state index contributed by atoms with van der Waals surface area (Å²) < 4.78 is 10.6. The number of hydrogen-bond donors (Lipinski definition) is 5. The Morgan fingerprint density at radius 3 is 2.18 bits per heavy atom. The minimum Gasteiger partial charge on any atom is -0.493 e. The SMILES string of the molecule is COc1ccc([C@H](CC(=O)O)NC(=O)[C@H](CC(C)C)NC(=O)Cc2ccc(NC(=O)Nc3ccc(C)cn3)cc2)cc1OC. The molecule has 3 rings (SSSR count). The third-order valence-electron chi connectivity index (χ3n) is 6.59. The monoisotopic (exact) mass is 605 g/mol. The van der Waals surface area contributed by atoms with Crippen LogP contribution in [-0.2, 0) is 20.8 Å². The van der Waals surface area contributed by atoms with Crippen molar-refractivity contribution in [3.05, 3.63) is 77.5 Å². The molecule has 0 bridgehead atoms. The van der Waals surface area contributed by atoms with E-state index in [0.29, 0.717) is 40.6 Å². The summed E-state index contributed by atoms with van der Waals surface area (Å²) in [7, 11) is 2.95. The number of hydrogen-bond acceptors (Lipinski definition) is 7. The summed E-state index contributed by atoms with van der Waals surface area (Å²) in [6, 6.07) is 13.0. The molecule has 0 radical (unpaired) electrons. The van der Waals surface area contributed by atoms with Crippen LogP contribution in [0.2, 0.25) is 0 Å². The number of nitrogens with zero attached hydrogens (tertiary/aromatic N) is 1. The molecule has 0 aliphatic carbocycles. The number of aryl methyl sites for hydroxylation is 1. The van der Waals surface area contributed by atoms with E-state index in [1.807, 2.05) is 26.8 Å². The average Bonchev–Trinajstić information content (AvgIpc) is 2.97. The number of anilines is 2. The number of methoxy groups -OCH3 is 2. The lowest BCUT2D eigenvalue weighted by atomic mass is 9.99. The Morgan fingerprint density at radius 2 is 1.59 bits per heavy atom. The highest BCUT2D eigenvalue weighted by molar-refractivity contribution is 5.99. The van der Waals surface area contributed by atoms with E-state index in [1.54, 1.807) is 54.7 Å². The maximum atomic E-state index is 13.4. The summed E-state index contributed by atoms with van der Waals surface area (Å²) in [6.45, 7) is 5.75. The zero-order valence-electron chi connectivity index (χ0n) is 25.5. The highest BCUT2D eigenvalue weighted by atomic mass is 16.5. The number of aromatic nitrogens is 1. The number of carboxylic acids is 1. The molecule has 12 nitrogen and oxygen atoms in total. The van der Waals surface area contributed by atoms with Crippen LogP contribution < -0.4 is 30.7 Å². The van der Waals surface area contributed by atoms with Crippen LogP contribution in [0.1, 0.15) is 49.4 Å². The van der Waals surface area contributed by atoms with E-state index in [1.165, 1.54) is 14.2 Å². The number of pyridine rings is 1. The Morgan fingerprint density at radius 1 is 0.886 bits per heavy atom. The molecule has 0 unspecified atom stereocenters. The first-order valence-corrected chi connectivity index (χ1v) is 14.1. The molecule has 2 atom stereocenters. The second-order valence-electron chi connectivity index (χ2n) is 10.7. The highest BCUT2D eigenvalue weighted by Gasteiger charge is 2.27. The van der Waals surface area contributed by atoms with E-state index in [4.69, 9.17) is 9.47 Å². The molecule has 0 aliphatic heterocycles. The summed E-state index contributed by atoms with van der Waals surface area (Å²) in [5.74, 6) is -0.634. The van der Waals surface area contributed by atoms with E-state index in [9.17, 15) is 24.3 Å². The van der Waals surface area contributed by atoms with Gasteiger partial charge in [0, 0.05) is 11.9 Å². The summed E-state index contributed by atoms with van der Waals surface area (Å²) in [5.41, 5.74) is 2.69. The lowest BCUT2D eigenvalue weighted by Gasteiger charge is -2.24. The number of nitrogens with one attached hydrogen (secondary N) is 4. The number of amides is 4. The van der Waals surface area contributed by atoms with Gasteiger partial charge < -0.3 is 30.5 Å². The van der Waals surface area contributed by atoms with Gasteiger partial charge in [-0.3, -0.25) is 19.7 Å². The molecular formula is C32H39N5O7. The van der Waals surface area contributed by atoms with Crippen LogP contribution in [0.15, 0.2) is 60.8 Å². The summed E-state index contributed by atoms with van der Waals surface area (Å²) >= 11 is 0. The van der Waals surface area contributed by atoms with Gasteiger partial charge in [0.05, 0.1) is 33.1 Å². The Balaban J connectivity index is 1.64. The van der Waals surface area contributed by atoms with Crippen molar-refractivity contribution in [3.8, 4) is 11.5 Å². The molecule has 44 heavy (non-hydrogen) atoms. The van der Waals surface area contributed by atoms with Crippen LogP contribution >= 0.6 is 0 Å². The largest absolute Gasteiger partial charge is 0.493 e. The van der Waals surface area contributed by atoms with Gasteiger partial charge in [0.25, 0.3) is 0 Å². The zero-order chi connectivity index (χ0) is 32.2. The van der Waals surface area contributed by atoms with Gasteiger partial charge in [0.1, 0.15) is 11.9 Å². The van der Waals surface area contributed by atoms with Crippen LogP contribution in [0.3, 0.4) is 0 Å². The van der Waals surface area contributed by atoms with Gasteiger partial charge in [0.2, 0.25) is 11.8 Å². The average molecular weight is 606 g/mol. The second-order valence-corrected chi connectivity index (χ2v) is 10.7. The van der Waals surface area contributed by atoms with Crippen molar-refractivity contribution in [1.82, 2.24) is 15.6 Å². The molecule has 2 aromatic carbocycles. The topological polar surface area (TPSA) is 168 Å². The lowest BCUT2D eigenvalue weighted by molar-refractivity contribution is -0.138. The molecule has 1 heterocycles. The van der Waals surface area contributed by atoms with Crippen LogP contribution in [-0.4, -0.2) is 54.2 Å². The molecule has 0 aliphatic rings. The molecule has 3 aromatic rings. The van der Waals surface area contributed by atoms with Gasteiger partial charge >= 0.3 is 12.0 Å². The predicted molar refractivity (Wildman–Crippen MR) is 166 cm³/mol. The number of ether oxygens (including phenoxy) is 2. The van der Waals surface area contributed by atoms with Gasteiger partial charge in [-0.2, -0.15) is 0 Å². The van der Waals surface area contributed by atoms with Crippen molar-refractivity contribution in [2.45, 2.75) is 52.1 Å². The van der Waals surface area contributed by atoms with E-state index in [2.05, 4.69) is 26.3 Å². The van der Waals surface area contributed by atoms with E-state index >= 15 is 0 Å². The van der Waals surface area contributed by atoms with Gasteiger partial charge in [0.15, 0.2) is 11.5 Å². The standard InChI is InChI=1S/C32H39N5O7/c1-19(2)14-25(31(41)36-24(17-30(39)40)22-9-12-26(43-4)27(16-22)44-5)35-29(38)15-21-7-10-23(11-8-21)34-32(42)37-28-13-6-20(3)18-33-28/h6-13,16,18-19,24-25H,14-15,17H2,1-5H3,(H,35,38)(H,36,41)(H,39,40)(H2,33,34,37,42)/t24-,25-/m0/s1. The molecule has 0 fully saturated rings. The normalized spacial score (nSPS) is 12.0. The Kier molecular flexibility index (Phi) is 12.1. The lowest BCUT2D eigenvalue weighted by Crippen LogP contribution is -2.49. The van der Waals surface area contributed by atoms with E-state index in [-0.39, 0.29) is 24.7 Å². The molecule has 4 amide bonds. The smallest absolute Gasteiger partial charge is 0.324 e.